The Morgan fingerprint density at radius 2 is 1.93 bits per heavy atom. The Morgan fingerprint density at radius 3 is 2.55 bits per heavy atom. The Balaban J connectivity index is 2.01. The maximum Gasteiger partial charge on any atom is 0.244 e. The number of nitrogens with zero attached hydrogens (tertiary/aromatic N) is 1. The third kappa shape index (κ3) is 6.91. The summed E-state index contributed by atoms with van der Waals surface area (Å²) in [6.45, 7) is 4.26. The van der Waals surface area contributed by atoms with Crippen molar-refractivity contribution in [1.29, 1.82) is 0 Å². The van der Waals surface area contributed by atoms with E-state index in [0.717, 1.165) is 11.1 Å². The number of benzene rings is 2. The van der Waals surface area contributed by atoms with E-state index in [1.807, 2.05) is 57.1 Å². The zero-order chi connectivity index (χ0) is 21.4. The van der Waals surface area contributed by atoms with E-state index in [9.17, 15) is 9.18 Å². The van der Waals surface area contributed by atoms with Crippen LogP contribution in [-0.4, -0.2) is 44.7 Å². The third-order valence-corrected chi connectivity index (χ3v) is 4.30. The van der Waals surface area contributed by atoms with Crippen LogP contribution in [0.2, 0.25) is 0 Å². The van der Waals surface area contributed by atoms with Crippen molar-refractivity contribution in [3.05, 3.63) is 65.5 Å². The number of likely N-dealkylation sites (N-methyl/N-ethyl adjacent to an activating group) is 1. The van der Waals surface area contributed by atoms with Crippen molar-refractivity contribution in [2.24, 2.45) is 0 Å². The quantitative estimate of drug-likeness (QED) is 0.645. The average molecular weight is 400 g/mol. The summed E-state index contributed by atoms with van der Waals surface area (Å²) in [7, 11) is 5.37. The number of carbonyl (C=O) groups excluding carboxylic acids is 1. The zero-order valence-corrected chi connectivity index (χ0v) is 17.6. The van der Waals surface area contributed by atoms with Gasteiger partial charge in [-0.25, -0.2) is 4.39 Å². The monoisotopic (exact) mass is 400 g/mol. The highest BCUT2D eigenvalue weighted by Crippen LogP contribution is 2.29. The van der Waals surface area contributed by atoms with E-state index in [4.69, 9.17) is 9.47 Å². The van der Waals surface area contributed by atoms with Crippen LogP contribution in [0, 0.1) is 5.82 Å². The van der Waals surface area contributed by atoms with Gasteiger partial charge in [-0.2, -0.15) is 0 Å². The molecule has 6 heteroatoms. The fourth-order valence-electron chi connectivity index (χ4n) is 2.88. The van der Waals surface area contributed by atoms with Crippen molar-refractivity contribution < 1.29 is 18.7 Å². The molecule has 0 saturated carbocycles. The lowest BCUT2D eigenvalue weighted by molar-refractivity contribution is -0.116. The average Bonchev–Trinajstić information content (AvgIpc) is 2.66. The molecule has 0 bridgehead atoms. The normalized spacial score (nSPS) is 12.4. The minimum atomic E-state index is -0.292. The minimum Gasteiger partial charge on any atom is -0.493 e. The first-order valence-corrected chi connectivity index (χ1v) is 9.52. The van der Waals surface area contributed by atoms with Crippen LogP contribution in [0.5, 0.6) is 11.5 Å². The fraction of sp³-hybridized carbons (Fsp3) is 0.348. The van der Waals surface area contributed by atoms with Gasteiger partial charge in [-0.1, -0.05) is 18.2 Å². The summed E-state index contributed by atoms with van der Waals surface area (Å²) in [5, 5.41) is 2.87. The van der Waals surface area contributed by atoms with Crippen LogP contribution >= 0.6 is 0 Å². The summed E-state index contributed by atoms with van der Waals surface area (Å²) < 4.78 is 24.6. The molecule has 0 heterocycles. The summed E-state index contributed by atoms with van der Waals surface area (Å²) in [6, 6.07) is 11.8. The summed E-state index contributed by atoms with van der Waals surface area (Å²) in [4.78, 5) is 14.2. The highest BCUT2D eigenvalue weighted by molar-refractivity contribution is 5.91. The molecule has 0 fully saturated rings. The first-order chi connectivity index (χ1) is 13.8. The van der Waals surface area contributed by atoms with Crippen LogP contribution in [-0.2, 0) is 4.79 Å². The van der Waals surface area contributed by atoms with Gasteiger partial charge in [-0.15, -0.1) is 0 Å². The van der Waals surface area contributed by atoms with Crippen LogP contribution in [0.4, 0.5) is 4.39 Å². The lowest BCUT2D eigenvalue weighted by Gasteiger charge is -2.24. The molecule has 1 atom stereocenters. The summed E-state index contributed by atoms with van der Waals surface area (Å²) in [5.41, 5.74) is 1.63. The molecule has 1 unspecified atom stereocenters. The number of ether oxygens (including phenoxy) is 2. The predicted molar refractivity (Wildman–Crippen MR) is 114 cm³/mol. The van der Waals surface area contributed by atoms with E-state index in [-0.39, 0.29) is 23.9 Å². The molecule has 0 radical (unpaired) electrons. The van der Waals surface area contributed by atoms with E-state index >= 15 is 0 Å². The summed E-state index contributed by atoms with van der Waals surface area (Å²) in [5.74, 6) is 0.752. The molecule has 0 aliphatic heterocycles. The topological polar surface area (TPSA) is 50.8 Å². The predicted octanol–water partition coefficient (Wildman–Crippen LogP) is 4.05. The van der Waals surface area contributed by atoms with E-state index < -0.39 is 0 Å². The van der Waals surface area contributed by atoms with Crippen LogP contribution in [0.1, 0.15) is 31.0 Å². The Morgan fingerprint density at radius 1 is 1.17 bits per heavy atom. The molecule has 0 aliphatic rings. The number of hydrogen-bond donors (Lipinski definition) is 1. The van der Waals surface area contributed by atoms with Crippen molar-refractivity contribution in [3.8, 4) is 11.5 Å². The fourth-order valence-corrected chi connectivity index (χ4v) is 2.88. The van der Waals surface area contributed by atoms with Gasteiger partial charge in [0.2, 0.25) is 5.91 Å². The molecule has 29 heavy (non-hydrogen) atoms. The van der Waals surface area contributed by atoms with Crippen molar-refractivity contribution in [3.63, 3.8) is 0 Å². The summed E-state index contributed by atoms with van der Waals surface area (Å²) in [6.07, 6.45) is 3.22. The maximum atomic E-state index is 13.5. The van der Waals surface area contributed by atoms with Crippen LogP contribution < -0.4 is 14.8 Å². The number of amides is 1. The Bertz CT molecular complexity index is 850. The molecule has 0 saturated heterocycles. The molecule has 1 amide bonds. The number of methoxy groups -OCH3 is 1. The molecular formula is C23H29FN2O3. The SMILES string of the molecule is COc1cc(/C=C/C(=O)NCC(c2cccc(F)c2)N(C)C)ccc1OC(C)C. The van der Waals surface area contributed by atoms with Gasteiger partial charge in [-0.05, 0) is 69.4 Å². The number of rotatable bonds is 9. The molecule has 156 valence electrons. The molecule has 1 N–H and O–H groups in total. The molecule has 0 aromatic heterocycles. The lowest BCUT2D eigenvalue weighted by atomic mass is 10.1. The van der Waals surface area contributed by atoms with E-state index in [2.05, 4.69) is 5.32 Å². The molecule has 0 aliphatic carbocycles. The zero-order valence-electron chi connectivity index (χ0n) is 17.6. The summed E-state index contributed by atoms with van der Waals surface area (Å²) >= 11 is 0. The maximum absolute atomic E-state index is 13.5. The number of hydrogen-bond acceptors (Lipinski definition) is 4. The number of halogens is 1. The van der Waals surface area contributed by atoms with Gasteiger partial charge < -0.3 is 19.7 Å². The molecule has 2 rings (SSSR count). The second kappa shape index (κ2) is 10.6. The second-order valence-corrected chi connectivity index (χ2v) is 7.19. The van der Waals surface area contributed by atoms with Crippen molar-refractivity contribution in [2.45, 2.75) is 26.0 Å². The van der Waals surface area contributed by atoms with Gasteiger partial charge in [0.25, 0.3) is 0 Å². The Hall–Kier alpha value is -2.86. The Kier molecular flexibility index (Phi) is 8.21. The smallest absolute Gasteiger partial charge is 0.244 e. The highest BCUT2D eigenvalue weighted by atomic mass is 19.1. The van der Waals surface area contributed by atoms with E-state index in [1.165, 1.54) is 18.2 Å². The molecule has 0 spiro atoms. The first-order valence-electron chi connectivity index (χ1n) is 9.52. The van der Waals surface area contributed by atoms with E-state index in [0.29, 0.717) is 18.0 Å². The van der Waals surface area contributed by atoms with Crippen molar-refractivity contribution in [1.82, 2.24) is 10.2 Å². The lowest BCUT2D eigenvalue weighted by Crippen LogP contribution is -2.33. The third-order valence-electron chi connectivity index (χ3n) is 4.30. The van der Waals surface area contributed by atoms with E-state index in [1.54, 1.807) is 19.3 Å². The van der Waals surface area contributed by atoms with Crippen molar-refractivity contribution in [2.75, 3.05) is 27.7 Å². The van der Waals surface area contributed by atoms with Gasteiger partial charge in [-0.3, -0.25) is 4.79 Å². The standard InChI is InChI=1S/C23H29FN2O3/c1-16(2)29-21-11-9-17(13-22(21)28-5)10-12-23(27)25-15-20(26(3)4)18-7-6-8-19(24)14-18/h6-14,16,20H,15H2,1-5H3,(H,25,27)/b12-10+. The van der Waals surface area contributed by atoms with Crippen LogP contribution in [0.3, 0.4) is 0 Å². The number of carbonyl (C=O) groups is 1. The van der Waals surface area contributed by atoms with Gasteiger partial charge in [0.05, 0.1) is 19.3 Å². The Labute approximate surface area is 172 Å². The van der Waals surface area contributed by atoms with Gasteiger partial charge in [0.1, 0.15) is 5.82 Å². The van der Waals surface area contributed by atoms with Gasteiger partial charge in [0.15, 0.2) is 11.5 Å². The van der Waals surface area contributed by atoms with Gasteiger partial charge in [0, 0.05) is 12.6 Å². The molecule has 2 aromatic carbocycles. The minimum absolute atomic E-state index is 0.0406. The van der Waals surface area contributed by atoms with Crippen LogP contribution in [0.15, 0.2) is 48.5 Å². The van der Waals surface area contributed by atoms with Crippen molar-refractivity contribution >= 4 is 12.0 Å². The molecule has 5 nitrogen and oxygen atoms in total. The largest absolute Gasteiger partial charge is 0.493 e. The molecular weight excluding hydrogens is 371 g/mol. The van der Waals surface area contributed by atoms with Crippen LogP contribution in [0.25, 0.3) is 6.08 Å². The highest BCUT2D eigenvalue weighted by Gasteiger charge is 2.15. The second-order valence-electron chi connectivity index (χ2n) is 7.19. The number of nitrogens with one attached hydrogen (secondary N) is 1. The van der Waals surface area contributed by atoms with Gasteiger partial charge >= 0.3 is 0 Å². The molecule has 2 aromatic rings. The first kappa shape index (κ1) is 22.4.